The molecule has 1 atom stereocenters. The van der Waals surface area contributed by atoms with Crippen LogP contribution in [0.1, 0.15) is 41.6 Å². The molecule has 0 N–H and O–H groups in total. The van der Waals surface area contributed by atoms with Gasteiger partial charge in [-0.2, -0.15) is 0 Å². The fourth-order valence-corrected chi connectivity index (χ4v) is 6.23. The maximum Gasteiger partial charge on any atom is 0.338 e. The van der Waals surface area contributed by atoms with E-state index >= 15 is 0 Å². The zero-order valence-electron chi connectivity index (χ0n) is 23.1. The van der Waals surface area contributed by atoms with E-state index in [1.54, 1.807) is 54.8 Å². The number of thiazole rings is 1. The van der Waals surface area contributed by atoms with Crippen LogP contribution in [-0.2, 0) is 14.3 Å². The Labute approximate surface area is 244 Å². The summed E-state index contributed by atoms with van der Waals surface area (Å²) in [5, 5.41) is 1.93. The highest BCUT2D eigenvalue weighted by molar-refractivity contribution is 7.07. The van der Waals surface area contributed by atoms with Crippen molar-refractivity contribution in [3.8, 4) is 11.3 Å². The van der Waals surface area contributed by atoms with Crippen LogP contribution >= 0.6 is 11.3 Å². The van der Waals surface area contributed by atoms with Crippen molar-refractivity contribution in [2.24, 2.45) is 4.99 Å². The summed E-state index contributed by atoms with van der Waals surface area (Å²) in [6.45, 7) is 3.72. The average molecular weight is 579 g/mol. The average Bonchev–Trinajstić information content (AvgIpc) is 3.60. The summed E-state index contributed by atoms with van der Waals surface area (Å²) in [4.78, 5) is 44.4. The van der Waals surface area contributed by atoms with E-state index < -0.39 is 18.0 Å². The van der Waals surface area contributed by atoms with E-state index in [4.69, 9.17) is 13.9 Å². The van der Waals surface area contributed by atoms with Crippen LogP contribution in [0.2, 0.25) is 0 Å². The third-order valence-electron chi connectivity index (χ3n) is 7.10. The van der Waals surface area contributed by atoms with Crippen LogP contribution in [0.5, 0.6) is 0 Å². The molecule has 5 aromatic rings. The van der Waals surface area contributed by atoms with Crippen LogP contribution in [0.15, 0.2) is 104 Å². The van der Waals surface area contributed by atoms with E-state index in [9.17, 15) is 14.4 Å². The molecule has 0 spiro atoms. The molecule has 0 aliphatic carbocycles. The van der Waals surface area contributed by atoms with Crippen molar-refractivity contribution in [3.63, 3.8) is 0 Å². The molecule has 3 heterocycles. The molecule has 210 valence electrons. The third kappa shape index (κ3) is 4.77. The van der Waals surface area contributed by atoms with Crippen molar-refractivity contribution in [2.45, 2.75) is 19.9 Å². The number of carbonyl (C=O) groups is 2. The van der Waals surface area contributed by atoms with E-state index in [0.29, 0.717) is 43.3 Å². The molecule has 0 amide bonds. The summed E-state index contributed by atoms with van der Waals surface area (Å²) in [5.74, 6) is 0.0504. The largest absolute Gasteiger partial charge is 0.465 e. The molecule has 9 heteroatoms. The molecule has 0 unspecified atom stereocenters. The standard InChI is InChI=1S/C33H26N2O6S/c1-4-40-32(38)28-19(2)34-33-35(29(28)25-14-8-10-20-9-5-6-13-24(20)25)30(36)27(42-33)18-23-15-16-26(41-23)21-11-7-12-22(17-21)31(37)39-3/h5-18,29H,4H2,1-3H3/b27-18-/t29-/m0/s1. The number of hydrogen-bond donors (Lipinski definition) is 0. The number of hydrogen-bond acceptors (Lipinski definition) is 8. The first kappa shape index (κ1) is 27.2. The van der Waals surface area contributed by atoms with Gasteiger partial charge in [-0.25, -0.2) is 14.6 Å². The number of rotatable bonds is 6. The van der Waals surface area contributed by atoms with Gasteiger partial charge in [-0.05, 0) is 54.4 Å². The normalized spacial score (nSPS) is 14.9. The third-order valence-corrected chi connectivity index (χ3v) is 8.09. The van der Waals surface area contributed by atoms with Gasteiger partial charge in [0.05, 0.1) is 41.1 Å². The SMILES string of the molecule is CCOC(=O)C1=C(C)N=c2s/c(=C\c3ccc(-c4cccc(C(=O)OC)c4)o3)c(=O)n2[C@H]1c1cccc2ccccc12. The topological polar surface area (TPSA) is 100 Å². The van der Waals surface area contributed by atoms with Gasteiger partial charge in [0.2, 0.25) is 0 Å². The number of esters is 2. The number of nitrogens with zero attached hydrogens (tertiary/aromatic N) is 2. The Morgan fingerprint density at radius 1 is 1.02 bits per heavy atom. The molecule has 2 aromatic heterocycles. The number of carbonyl (C=O) groups excluding carboxylic acids is 2. The molecule has 0 saturated carbocycles. The van der Waals surface area contributed by atoms with Crippen molar-refractivity contribution in [3.05, 3.63) is 127 Å². The summed E-state index contributed by atoms with van der Waals surface area (Å²) in [5.41, 5.74) is 2.45. The molecule has 0 saturated heterocycles. The first-order chi connectivity index (χ1) is 20.4. The Morgan fingerprint density at radius 3 is 2.62 bits per heavy atom. The lowest BCUT2D eigenvalue weighted by molar-refractivity contribution is -0.139. The Balaban J connectivity index is 1.49. The smallest absolute Gasteiger partial charge is 0.338 e. The van der Waals surface area contributed by atoms with Gasteiger partial charge in [-0.1, -0.05) is 65.9 Å². The van der Waals surface area contributed by atoms with E-state index in [1.807, 2.05) is 48.5 Å². The zero-order valence-corrected chi connectivity index (χ0v) is 23.9. The summed E-state index contributed by atoms with van der Waals surface area (Å²) in [6.07, 6.45) is 1.67. The van der Waals surface area contributed by atoms with E-state index in [-0.39, 0.29) is 12.2 Å². The summed E-state index contributed by atoms with van der Waals surface area (Å²) in [6, 6.07) is 23.5. The number of benzene rings is 3. The second-order valence-corrected chi connectivity index (χ2v) is 10.7. The molecule has 42 heavy (non-hydrogen) atoms. The van der Waals surface area contributed by atoms with Gasteiger partial charge in [0.15, 0.2) is 4.80 Å². The van der Waals surface area contributed by atoms with Crippen molar-refractivity contribution in [2.75, 3.05) is 13.7 Å². The number of fused-ring (bicyclic) bond motifs is 2. The summed E-state index contributed by atoms with van der Waals surface area (Å²) < 4.78 is 18.3. The van der Waals surface area contributed by atoms with E-state index in [0.717, 1.165) is 16.3 Å². The van der Waals surface area contributed by atoms with Gasteiger partial charge in [0, 0.05) is 11.6 Å². The molecule has 0 bridgehead atoms. The van der Waals surface area contributed by atoms with Gasteiger partial charge >= 0.3 is 11.9 Å². The quantitative estimate of drug-likeness (QED) is 0.263. The van der Waals surface area contributed by atoms with E-state index in [2.05, 4.69) is 4.99 Å². The number of ether oxygens (including phenoxy) is 2. The Hall–Kier alpha value is -5.02. The first-order valence-corrected chi connectivity index (χ1v) is 14.2. The van der Waals surface area contributed by atoms with Crippen LogP contribution in [0.3, 0.4) is 0 Å². The number of allylic oxidation sites excluding steroid dienone is 1. The molecule has 1 aliphatic rings. The molecular weight excluding hydrogens is 552 g/mol. The van der Waals surface area contributed by atoms with Crippen LogP contribution < -0.4 is 14.9 Å². The van der Waals surface area contributed by atoms with Gasteiger partial charge in [0.25, 0.3) is 5.56 Å². The molecule has 0 fully saturated rings. The zero-order chi connectivity index (χ0) is 29.4. The fraction of sp³-hybridized carbons (Fsp3) is 0.152. The highest BCUT2D eigenvalue weighted by atomic mass is 32.1. The molecular formula is C33H26N2O6S. The predicted molar refractivity (Wildman–Crippen MR) is 160 cm³/mol. The van der Waals surface area contributed by atoms with Crippen LogP contribution in [0, 0.1) is 0 Å². The molecule has 3 aromatic carbocycles. The highest BCUT2D eigenvalue weighted by Crippen LogP contribution is 2.35. The van der Waals surface area contributed by atoms with E-state index in [1.165, 1.54) is 18.4 Å². The Morgan fingerprint density at radius 2 is 1.81 bits per heavy atom. The van der Waals surface area contributed by atoms with Gasteiger partial charge in [0.1, 0.15) is 11.5 Å². The monoisotopic (exact) mass is 578 g/mol. The number of furan rings is 1. The second kappa shape index (κ2) is 11.1. The molecule has 0 radical (unpaired) electrons. The van der Waals surface area contributed by atoms with Crippen molar-refractivity contribution < 1.29 is 23.5 Å². The second-order valence-electron chi connectivity index (χ2n) is 9.65. The number of methoxy groups -OCH3 is 1. The maximum atomic E-state index is 14.0. The Bertz CT molecular complexity index is 2080. The highest BCUT2D eigenvalue weighted by Gasteiger charge is 2.34. The molecule has 8 nitrogen and oxygen atoms in total. The van der Waals surface area contributed by atoms with Crippen LogP contribution in [0.4, 0.5) is 0 Å². The first-order valence-electron chi connectivity index (χ1n) is 13.4. The lowest BCUT2D eigenvalue weighted by Gasteiger charge is -2.25. The Kier molecular flexibility index (Phi) is 7.18. The van der Waals surface area contributed by atoms with Crippen LogP contribution in [0.25, 0.3) is 28.2 Å². The lowest BCUT2D eigenvalue weighted by Crippen LogP contribution is -2.40. The lowest BCUT2D eigenvalue weighted by atomic mass is 9.91. The van der Waals surface area contributed by atoms with Crippen LogP contribution in [-0.4, -0.2) is 30.2 Å². The van der Waals surface area contributed by atoms with Gasteiger partial charge in [-0.3, -0.25) is 9.36 Å². The fourth-order valence-electron chi connectivity index (χ4n) is 5.21. The van der Waals surface area contributed by atoms with Crippen molar-refractivity contribution in [1.82, 2.24) is 4.57 Å². The summed E-state index contributed by atoms with van der Waals surface area (Å²) >= 11 is 1.23. The minimum atomic E-state index is -0.721. The summed E-state index contributed by atoms with van der Waals surface area (Å²) in [7, 11) is 1.33. The van der Waals surface area contributed by atoms with Crippen molar-refractivity contribution >= 4 is 40.1 Å². The maximum absolute atomic E-state index is 14.0. The minimum Gasteiger partial charge on any atom is -0.465 e. The van der Waals surface area contributed by atoms with Gasteiger partial charge in [-0.15, -0.1) is 0 Å². The molecule has 1 aliphatic heterocycles. The predicted octanol–water partition coefficient (Wildman–Crippen LogP) is 5.00. The van der Waals surface area contributed by atoms with Gasteiger partial charge < -0.3 is 13.9 Å². The number of aromatic nitrogens is 1. The van der Waals surface area contributed by atoms with Crippen molar-refractivity contribution in [1.29, 1.82) is 0 Å². The minimum absolute atomic E-state index is 0.200. The molecule has 6 rings (SSSR count).